The molecule has 0 radical (unpaired) electrons. The maximum atomic E-state index is 11.9. The molecule has 0 fully saturated rings. The number of benzene rings is 1. The maximum absolute atomic E-state index is 11.9. The van der Waals surface area contributed by atoms with Crippen LogP contribution in [0.3, 0.4) is 0 Å². The number of halogens is 1. The number of nitrogens with one attached hydrogen (secondary N) is 1. The second kappa shape index (κ2) is 8.50. The highest BCUT2D eigenvalue weighted by molar-refractivity contribution is 6.32. The normalized spacial score (nSPS) is 11.5. The third-order valence-electron chi connectivity index (χ3n) is 4.14. The number of fused-ring (bicyclic) bond motifs is 1. The third kappa shape index (κ3) is 5.06. The predicted molar refractivity (Wildman–Crippen MR) is 101 cm³/mol. The minimum atomic E-state index is -0.367. The number of likely N-dealkylation sites (N-methyl/N-ethyl adjacent to an activating group) is 1. The first-order chi connectivity index (χ1) is 11.8. The number of hydrogen-bond donors (Lipinski definition) is 1. The van der Waals surface area contributed by atoms with Crippen LogP contribution in [0.2, 0.25) is 5.02 Å². The van der Waals surface area contributed by atoms with E-state index in [9.17, 15) is 9.59 Å². The van der Waals surface area contributed by atoms with Crippen molar-refractivity contribution in [2.75, 3.05) is 20.1 Å². The summed E-state index contributed by atoms with van der Waals surface area (Å²) in [5.74, 6) is 0.0148. The van der Waals surface area contributed by atoms with Crippen molar-refractivity contribution in [3.63, 3.8) is 0 Å². The number of aryl methyl sites for hydroxylation is 1. The molecule has 0 aliphatic heterocycles. The Morgan fingerprint density at radius 2 is 2.00 bits per heavy atom. The van der Waals surface area contributed by atoms with Crippen molar-refractivity contribution in [3.05, 3.63) is 44.8 Å². The number of carbonyl (C=O) groups excluding carboxylic acids is 1. The van der Waals surface area contributed by atoms with Crippen LogP contribution in [-0.4, -0.2) is 30.9 Å². The third-order valence-corrected chi connectivity index (χ3v) is 4.49. The summed E-state index contributed by atoms with van der Waals surface area (Å²) >= 11 is 6.32. The molecule has 136 valence electrons. The second-order valence-corrected chi connectivity index (χ2v) is 6.97. The van der Waals surface area contributed by atoms with Gasteiger partial charge in [-0.25, -0.2) is 4.79 Å². The molecule has 0 unspecified atom stereocenters. The van der Waals surface area contributed by atoms with Gasteiger partial charge < -0.3 is 14.6 Å². The largest absolute Gasteiger partial charge is 0.423 e. The van der Waals surface area contributed by atoms with E-state index in [1.54, 1.807) is 0 Å². The molecule has 1 amide bonds. The van der Waals surface area contributed by atoms with Gasteiger partial charge in [0.05, 0.1) is 0 Å². The van der Waals surface area contributed by atoms with Crippen LogP contribution in [-0.2, 0) is 17.8 Å². The lowest BCUT2D eigenvalue weighted by Gasteiger charge is -2.18. The van der Waals surface area contributed by atoms with Gasteiger partial charge in [0.1, 0.15) is 5.58 Å². The Hall–Kier alpha value is -1.85. The van der Waals surface area contributed by atoms with Crippen LogP contribution >= 0.6 is 11.6 Å². The highest BCUT2D eigenvalue weighted by Gasteiger charge is 2.12. The summed E-state index contributed by atoms with van der Waals surface area (Å²) in [7, 11) is 1.95. The Morgan fingerprint density at radius 3 is 2.64 bits per heavy atom. The first-order valence-corrected chi connectivity index (χ1v) is 8.91. The smallest absolute Gasteiger partial charge is 0.336 e. The van der Waals surface area contributed by atoms with Gasteiger partial charge in [0.15, 0.2) is 0 Å². The van der Waals surface area contributed by atoms with Crippen molar-refractivity contribution in [3.8, 4) is 0 Å². The van der Waals surface area contributed by atoms with E-state index in [0.717, 1.165) is 22.9 Å². The topological polar surface area (TPSA) is 62.6 Å². The Labute approximate surface area is 153 Å². The fourth-order valence-corrected chi connectivity index (χ4v) is 2.93. The Balaban J connectivity index is 2.16. The molecule has 0 atom stereocenters. The average molecular weight is 365 g/mol. The van der Waals surface area contributed by atoms with Gasteiger partial charge in [-0.15, -0.1) is 0 Å². The summed E-state index contributed by atoms with van der Waals surface area (Å²) in [5, 5.41) is 4.41. The van der Waals surface area contributed by atoms with Crippen LogP contribution in [0.4, 0.5) is 0 Å². The van der Waals surface area contributed by atoms with E-state index in [-0.39, 0.29) is 17.5 Å². The first kappa shape index (κ1) is 19.5. The quantitative estimate of drug-likeness (QED) is 0.766. The maximum Gasteiger partial charge on any atom is 0.336 e. The lowest BCUT2D eigenvalue weighted by molar-refractivity contribution is -0.124. The van der Waals surface area contributed by atoms with Gasteiger partial charge >= 0.3 is 5.63 Å². The molecule has 0 bridgehead atoms. The average Bonchev–Trinajstić information content (AvgIpc) is 2.54. The standard InChI is InChI=1S/C19H25ClN2O3/c1-5-13-8-17-15(10-16(13)20)14(9-18(23)25-17)11-22(4)7-6-21-19(24)12(2)3/h8-10,12H,5-7,11H2,1-4H3,(H,21,24). The molecule has 0 aliphatic rings. The van der Waals surface area contributed by atoms with Crippen LogP contribution < -0.4 is 10.9 Å². The molecule has 6 heteroatoms. The summed E-state index contributed by atoms with van der Waals surface area (Å²) in [6, 6.07) is 5.21. The molecule has 2 rings (SSSR count). The van der Waals surface area contributed by atoms with Crippen molar-refractivity contribution < 1.29 is 9.21 Å². The SMILES string of the molecule is CCc1cc2oc(=O)cc(CN(C)CCNC(=O)C(C)C)c2cc1Cl. The molecule has 2 aromatic rings. The molecule has 1 N–H and O–H groups in total. The van der Waals surface area contributed by atoms with E-state index in [0.29, 0.717) is 30.2 Å². The van der Waals surface area contributed by atoms with Crippen molar-refractivity contribution in [2.24, 2.45) is 5.92 Å². The lowest BCUT2D eigenvalue weighted by Crippen LogP contribution is -2.35. The number of carbonyl (C=O) groups is 1. The molecule has 1 aromatic heterocycles. The van der Waals surface area contributed by atoms with E-state index < -0.39 is 0 Å². The van der Waals surface area contributed by atoms with Crippen molar-refractivity contribution in [1.29, 1.82) is 0 Å². The molecule has 0 aliphatic carbocycles. The van der Waals surface area contributed by atoms with E-state index in [1.165, 1.54) is 6.07 Å². The molecular formula is C19H25ClN2O3. The Morgan fingerprint density at radius 1 is 1.28 bits per heavy atom. The van der Waals surface area contributed by atoms with Gasteiger partial charge in [0.25, 0.3) is 0 Å². The highest BCUT2D eigenvalue weighted by atomic mass is 35.5. The minimum Gasteiger partial charge on any atom is -0.423 e. The fraction of sp³-hybridized carbons (Fsp3) is 0.474. The summed E-state index contributed by atoms with van der Waals surface area (Å²) in [4.78, 5) is 25.5. The minimum absolute atomic E-state index is 0.0251. The van der Waals surface area contributed by atoms with Gasteiger partial charge in [-0.1, -0.05) is 32.4 Å². The zero-order chi connectivity index (χ0) is 18.6. The number of hydrogen-bond acceptors (Lipinski definition) is 4. The van der Waals surface area contributed by atoms with Crippen molar-refractivity contribution in [2.45, 2.75) is 33.7 Å². The summed E-state index contributed by atoms with van der Waals surface area (Å²) < 4.78 is 5.33. The molecule has 1 aromatic carbocycles. The monoisotopic (exact) mass is 364 g/mol. The van der Waals surface area contributed by atoms with Gasteiger partial charge in [0, 0.05) is 42.0 Å². The van der Waals surface area contributed by atoms with E-state index >= 15 is 0 Å². The van der Waals surface area contributed by atoms with Crippen molar-refractivity contribution in [1.82, 2.24) is 10.2 Å². The number of nitrogens with zero attached hydrogens (tertiary/aromatic N) is 1. The van der Waals surface area contributed by atoms with Crippen LogP contribution in [0.5, 0.6) is 0 Å². The van der Waals surface area contributed by atoms with Crippen LogP contribution in [0.15, 0.2) is 27.4 Å². The van der Waals surface area contributed by atoms with Crippen LogP contribution in [0.25, 0.3) is 11.0 Å². The molecule has 0 saturated heterocycles. The molecule has 0 spiro atoms. The van der Waals surface area contributed by atoms with Crippen LogP contribution in [0, 0.1) is 5.92 Å². The van der Waals surface area contributed by atoms with E-state index in [2.05, 4.69) is 10.2 Å². The fourth-order valence-electron chi connectivity index (χ4n) is 2.63. The van der Waals surface area contributed by atoms with Gasteiger partial charge in [-0.3, -0.25) is 4.79 Å². The van der Waals surface area contributed by atoms with Gasteiger partial charge in [-0.05, 0) is 36.7 Å². The second-order valence-electron chi connectivity index (χ2n) is 6.57. The summed E-state index contributed by atoms with van der Waals surface area (Å²) in [6.45, 7) is 7.55. The molecule has 0 saturated carbocycles. The first-order valence-electron chi connectivity index (χ1n) is 8.53. The highest BCUT2D eigenvalue weighted by Crippen LogP contribution is 2.26. The number of rotatable bonds is 7. The zero-order valence-corrected chi connectivity index (χ0v) is 15.9. The predicted octanol–water partition coefficient (Wildman–Crippen LogP) is 3.21. The molecular weight excluding hydrogens is 340 g/mol. The van der Waals surface area contributed by atoms with Gasteiger partial charge in [0.2, 0.25) is 5.91 Å². The molecule has 25 heavy (non-hydrogen) atoms. The van der Waals surface area contributed by atoms with Crippen molar-refractivity contribution >= 4 is 28.5 Å². The zero-order valence-electron chi connectivity index (χ0n) is 15.2. The van der Waals surface area contributed by atoms with E-state index in [1.807, 2.05) is 40.0 Å². The Kier molecular flexibility index (Phi) is 6.62. The summed E-state index contributed by atoms with van der Waals surface area (Å²) in [6.07, 6.45) is 0.776. The lowest BCUT2D eigenvalue weighted by atomic mass is 10.1. The van der Waals surface area contributed by atoms with Crippen LogP contribution in [0.1, 0.15) is 31.9 Å². The van der Waals surface area contributed by atoms with E-state index in [4.69, 9.17) is 16.0 Å². The Bertz CT molecular complexity index is 814. The number of amides is 1. The molecule has 1 heterocycles. The van der Waals surface area contributed by atoms with Gasteiger partial charge in [-0.2, -0.15) is 0 Å². The summed E-state index contributed by atoms with van der Waals surface area (Å²) in [5.41, 5.74) is 2.02. The molecule has 5 nitrogen and oxygen atoms in total.